The largest absolute Gasteiger partial charge is 0.479 e. The van der Waals surface area contributed by atoms with Gasteiger partial charge in [-0.15, -0.1) is 0 Å². The van der Waals surface area contributed by atoms with Crippen molar-refractivity contribution in [2.45, 2.75) is 56.8 Å². The van der Waals surface area contributed by atoms with Crippen LogP contribution in [0.3, 0.4) is 0 Å². The molecule has 0 aromatic heterocycles. The number of aliphatic carboxylic acids is 1. The van der Waals surface area contributed by atoms with Crippen molar-refractivity contribution in [1.82, 2.24) is 4.90 Å². The van der Waals surface area contributed by atoms with Gasteiger partial charge >= 0.3 is 5.97 Å². The Bertz CT molecular complexity index is 409. The Hall–Kier alpha value is -1.14. The molecule has 0 spiro atoms. The van der Waals surface area contributed by atoms with Crippen LogP contribution in [0.4, 0.5) is 0 Å². The first-order valence-electron chi connectivity index (χ1n) is 7.92. The number of rotatable bonds is 5. The molecule has 2 aliphatic heterocycles. The summed E-state index contributed by atoms with van der Waals surface area (Å²) in [6.45, 7) is 2.15. The van der Waals surface area contributed by atoms with E-state index in [1.807, 2.05) is 0 Å². The van der Waals surface area contributed by atoms with Crippen LogP contribution in [0.2, 0.25) is 0 Å². The highest BCUT2D eigenvalue weighted by molar-refractivity contribution is 5.82. The zero-order valence-electron chi connectivity index (χ0n) is 12.2. The van der Waals surface area contributed by atoms with Gasteiger partial charge in [-0.2, -0.15) is 0 Å². The molecule has 3 aliphatic rings. The number of carboxylic acid groups (broad SMARTS) is 1. The van der Waals surface area contributed by atoms with Crippen LogP contribution < -0.4 is 0 Å². The average Bonchev–Trinajstić information content (AvgIpc) is 3.18. The summed E-state index contributed by atoms with van der Waals surface area (Å²) in [6, 6.07) is 0. The number of ether oxygens (including phenoxy) is 2. The summed E-state index contributed by atoms with van der Waals surface area (Å²) in [5.74, 6) is -0.321. The molecule has 1 N–H and O–H groups in total. The van der Waals surface area contributed by atoms with Crippen molar-refractivity contribution in [3.8, 4) is 0 Å². The number of piperidine rings is 1. The van der Waals surface area contributed by atoms with Crippen molar-refractivity contribution in [2.75, 3.05) is 19.7 Å². The topological polar surface area (TPSA) is 76.1 Å². The second kappa shape index (κ2) is 6.32. The maximum Gasteiger partial charge on any atom is 0.332 e. The minimum absolute atomic E-state index is 0.0709. The fraction of sp³-hybridized carbons (Fsp3) is 0.867. The predicted molar refractivity (Wildman–Crippen MR) is 73.8 cm³/mol. The Labute approximate surface area is 124 Å². The Morgan fingerprint density at radius 3 is 2.57 bits per heavy atom. The molecule has 1 aliphatic carbocycles. The number of amides is 1. The van der Waals surface area contributed by atoms with E-state index in [0.29, 0.717) is 19.4 Å². The Morgan fingerprint density at radius 1 is 1.14 bits per heavy atom. The molecular weight excluding hydrogens is 274 g/mol. The monoisotopic (exact) mass is 297 g/mol. The number of carboxylic acids is 1. The van der Waals surface area contributed by atoms with Crippen LogP contribution in [0, 0.1) is 5.92 Å². The van der Waals surface area contributed by atoms with E-state index in [2.05, 4.69) is 0 Å². The molecule has 118 valence electrons. The maximum atomic E-state index is 12.4. The lowest BCUT2D eigenvalue weighted by Crippen LogP contribution is -2.47. The molecule has 6 nitrogen and oxygen atoms in total. The molecule has 0 radical (unpaired) electrons. The minimum atomic E-state index is -0.977. The lowest BCUT2D eigenvalue weighted by Gasteiger charge is -2.34. The number of carbonyl (C=O) groups is 2. The summed E-state index contributed by atoms with van der Waals surface area (Å²) in [5.41, 5.74) is 0. The molecule has 0 bridgehead atoms. The second-order valence-electron chi connectivity index (χ2n) is 6.35. The van der Waals surface area contributed by atoms with E-state index in [0.717, 1.165) is 31.9 Å². The average molecular weight is 297 g/mol. The highest BCUT2D eigenvalue weighted by Gasteiger charge is 2.38. The number of hydrogen-bond donors (Lipinski definition) is 1. The third kappa shape index (κ3) is 3.74. The van der Waals surface area contributed by atoms with E-state index in [1.54, 1.807) is 4.90 Å². The third-order valence-electron chi connectivity index (χ3n) is 4.52. The zero-order valence-corrected chi connectivity index (χ0v) is 12.2. The van der Waals surface area contributed by atoms with E-state index < -0.39 is 18.2 Å². The van der Waals surface area contributed by atoms with Gasteiger partial charge in [0.05, 0.1) is 6.10 Å². The van der Waals surface area contributed by atoms with Crippen molar-refractivity contribution in [2.24, 2.45) is 5.92 Å². The van der Waals surface area contributed by atoms with Gasteiger partial charge in [-0.25, -0.2) is 4.79 Å². The highest BCUT2D eigenvalue weighted by atomic mass is 16.5. The van der Waals surface area contributed by atoms with Crippen LogP contribution in [0.15, 0.2) is 0 Å². The van der Waals surface area contributed by atoms with Gasteiger partial charge in [0.15, 0.2) is 6.10 Å². The van der Waals surface area contributed by atoms with Crippen LogP contribution in [0.25, 0.3) is 0 Å². The quantitative estimate of drug-likeness (QED) is 0.820. The lowest BCUT2D eigenvalue weighted by atomic mass is 10.1. The van der Waals surface area contributed by atoms with Crippen molar-refractivity contribution in [1.29, 1.82) is 0 Å². The van der Waals surface area contributed by atoms with E-state index in [-0.39, 0.29) is 12.0 Å². The number of nitrogens with zero attached hydrogens (tertiary/aromatic N) is 1. The molecule has 3 fully saturated rings. The van der Waals surface area contributed by atoms with E-state index >= 15 is 0 Å². The van der Waals surface area contributed by atoms with E-state index in [1.165, 1.54) is 12.8 Å². The Kier molecular flexibility index (Phi) is 4.45. The van der Waals surface area contributed by atoms with E-state index in [4.69, 9.17) is 14.6 Å². The van der Waals surface area contributed by atoms with Crippen molar-refractivity contribution < 1.29 is 24.2 Å². The summed E-state index contributed by atoms with van der Waals surface area (Å²) in [5, 5.41) is 8.92. The Balaban J connectivity index is 1.48. The summed E-state index contributed by atoms with van der Waals surface area (Å²) in [4.78, 5) is 25.1. The van der Waals surface area contributed by atoms with Gasteiger partial charge in [0.2, 0.25) is 0 Å². The highest BCUT2D eigenvalue weighted by Crippen LogP contribution is 2.30. The molecule has 0 aromatic carbocycles. The van der Waals surface area contributed by atoms with Crippen LogP contribution in [0.5, 0.6) is 0 Å². The first-order valence-corrected chi connectivity index (χ1v) is 7.92. The van der Waals surface area contributed by atoms with E-state index in [9.17, 15) is 9.59 Å². The first kappa shape index (κ1) is 14.8. The van der Waals surface area contributed by atoms with Gasteiger partial charge in [-0.3, -0.25) is 4.79 Å². The molecule has 3 atom stereocenters. The van der Waals surface area contributed by atoms with Crippen LogP contribution >= 0.6 is 0 Å². The fourth-order valence-electron chi connectivity index (χ4n) is 3.04. The summed E-state index contributed by atoms with van der Waals surface area (Å²) in [7, 11) is 0. The molecule has 21 heavy (non-hydrogen) atoms. The lowest BCUT2D eigenvalue weighted by molar-refractivity contribution is -0.156. The maximum absolute atomic E-state index is 12.4. The summed E-state index contributed by atoms with van der Waals surface area (Å²) < 4.78 is 11.2. The smallest absolute Gasteiger partial charge is 0.332 e. The van der Waals surface area contributed by atoms with Gasteiger partial charge in [-0.05, 0) is 44.4 Å². The number of carbonyl (C=O) groups excluding carboxylic acids is 1. The molecule has 2 heterocycles. The van der Waals surface area contributed by atoms with Crippen molar-refractivity contribution in [3.63, 3.8) is 0 Å². The molecule has 1 unspecified atom stereocenters. The standard InChI is InChI=1S/C15H23NO5/c17-14(12-5-6-13(21-12)15(18)19)16-7-1-2-11(8-16)20-9-10-3-4-10/h10-13H,1-9H2,(H,18,19)/t11?,12-,13+/m0/s1. The molecule has 0 aromatic rings. The third-order valence-corrected chi connectivity index (χ3v) is 4.52. The summed E-state index contributed by atoms with van der Waals surface area (Å²) >= 11 is 0. The van der Waals surface area contributed by atoms with Crippen LogP contribution in [-0.4, -0.2) is 59.9 Å². The molecule has 1 saturated carbocycles. The SMILES string of the molecule is O=C(O)[C@H]1CC[C@@H](C(=O)N2CCCC(OCC3CC3)C2)O1. The number of likely N-dealkylation sites (tertiary alicyclic amines) is 1. The zero-order chi connectivity index (χ0) is 14.8. The molecule has 2 saturated heterocycles. The molecule has 6 heteroatoms. The molecular formula is C15H23NO5. The van der Waals surface area contributed by atoms with Gasteiger partial charge in [0.1, 0.15) is 6.10 Å². The van der Waals surface area contributed by atoms with Crippen molar-refractivity contribution in [3.05, 3.63) is 0 Å². The molecule has 3 rings (SSSR count). The number of hydrogen-bond acceptors (Lipinski definition) is 4. The van der Waals surface area contributed by atoms with Crippen molar-refractivity contribution >= 4 is 11.9 Å². The predicted octanol–water partition coefficient (Wildman–Crippen LogP) is 1.04. The van der Waals surface area contributed by atoms with Gasteiger partial charge in [0.25, 0.3) is 5.91 Å². The Morgan fingerprint density at radius 2 is 1.90 bits per heavy atom. The van der Waals surface area contributed by atoms with Crippen LogP contribution in [0.1, 0.15) is 38.5 Å². The fourth-order valence-corrected chi connectivity index (χ4v) is 3.04. The first-order chi connectivity index (χ1) is 10.1. The van der Waals surface area contributed by atoms with Crippen LogP contribution in [-0.2, 0) is 19.1 Å². The van der Waals surface area contributed by atoms with Gasteiger partial charge in [0, 0.05) is 19.7 Å². The molecule has 1 amide bonds. The second-order valence-corrected chi connectivity index (χ2v) is 6.35. The van der Waals surface area contributed by atoms with Gasteiger partial charge < -0.3 is 19.5 Å². The normalized spacial score (nSPS) is 33.1. The summed E-state index contributed by atoms with van der Waals surface area (Å²) in [6.07, 6.45) is 4.10. The van der Waals surface area contributed by atoms with Gasteiger partial charge in [-0.1, -0.05) is 0 Å². The minimum Gasteiger partial charge on any atom is -0.479 e.